The second-order valence-corrected chi connectivity index (χ2v) is 6.18. The van der Waals surface area contributed by atoms with Crippen LogP contribution in [-0.4, -0.2) is 73.7 Å². The van der Waals surface area contributed by atoms with Crippen LogP contribution in [0.25, 0.3) is 11.4 Å². The number of nitrogens with two attached hydrogens (primary N) is 1. The number of hydrogen-bond donors (Lipinski definition) is 3. The lowest BCUT2D eigenvalue weighted by atomic mass is 9.98. The van der Waals surface area contributed by atoms with Gasteiger partial charge in [0.1, 0.15) is 17.6 Å². The summed E-state index contributed by atoms with van der Waals surface area (Å²) in [6, 6.07) is 5.14. The van der Waals surface area contributed by atoms with Crippen molar-refractivity contribution in [1.29, 1.82) is 0 Å². The molecule has 0 aliphatic carbocycles. The van der Waals surface area contributed by atoms with Gasteiger partial charge in [0.05, 0.1) is 24.5 Å². The molecule has 1 aliphatic rings. The predicted molar refractivity (Wildman–Crippen MR) is 86.6 cm³/mol. The zero-order chi connectivity index (χ0) is 17.3. The summed E-state index contributed by atoms with van der Waals surface area (Å²) in [5.41, 5.74) is 6.94. The van der Waals surface area contributed by atoms with Crippen molar-refractivity contribution in [2.24, 2.45) is 0 Å². The van der Waals surface area contributed by atoms with E-state index in [1.165, 1.54) is 0 Å². The van der Waals surface area contributed by atoms with Gasteiger partial charge in [-0.1, -0.05) is 11.3 Å². The van der Waals surface area contributed by atoms with Gasteiger partial charge in [-0.15, -0.1) is 5.10 Å². The first kappa shape index (κ1) is 16.8. The van der Waals surface area contributed by atoms with Crippen molar-refractivity contribution in [3.63, 3.8) is 0 Å². The fourth-order valence-corrected chi connectivity index (χ4v) is 2.87. The maximum atomic E-state index is 10.00. The predicted octanol–water partition coefficient (Wildman–Crippen LogP) is -0.679. The first-order chi connectivity index (χ1) is 11.4. The van der Waals surface area contributed by atoms with Crippen molar-refractivity contribution < 1.29 is 14.9 Å². The minimum absolute atomic E-state index is 0.183. The third-order valence-corrected chi connectivity index (χ3v) is 4.15. The lowest BCUT2D eigenvalue weighted by molar-refractivity contribution is -0.236. The number of ether oxygens (including phenoxy) is 1. The van der Waals surface area contributed by atoms with Crippen molar-refractivity contribution in [2.45, 2.75) is 37.5 Å². The Labute approximate surface area is 139 Å². The van der Waals surface area contributed by atoms with E-state index >= 15 is 0 Å². The number of aromatic nitrogens is 4. The van der Waals surface area contributed by atoms with Crippen LogP contribution in [0.2, 0.25) is 0 Å². The van der Waals surface area contributed by atoms with Crippen molar-refractivity contribution in [1.82, 2.24) is 24.9 Å². The highest BCUT2D eigenvalue weighted by Gasteiger charge is 2.38. The van der Waals surface area contributed by atoms with Crippen LogP contribution in [0.5, 0.6) is 0 Å². The van der Waals surface area contributed by atoms with E-state index in [0.29, 0.717) is 30.2 Å². The Morgan fingerprint density at radius 1 is 1.33 bits per heavy atom. The largest absolute Gasteiger partial charge is 0.386 e. The molecule has 24 heavy (non-hydrogen) atoms. The molecule has 1 fully saturated rings. The molecular weight excluding hydrogens is 312 g/mol. The summed E-state index contributed by atoms with van der Waals surface area (Å²) in [4.78, 5) is 6.09. The van der Waals surface area contributed by atoms with Crippen molar-refractivity contribution in [2.75, 3.05) is 19.8 Å². The maximum absolute atomic E-state index is 10.00. The first-order valence-corrected chi connectivity index (χ1v) is 7.75. The molecule has 0 spiro atoms. The number of anilines is 1. The van der Waals surface area contributed by atoms with E-state index in [0.717, 1.165) is 0 Å². The zero-order valence-electron chi connectivity index (χ0n) is 13.6. The van der Waals surface area contributed by atoms with Crippen LogP contribution < -0.4 is 5.73 Å². The van der Waals surface area contributed by atoms with E-state index in [-0.39, 0.29) is 12.1 Å². The Balaban J connectivity index is 1.70. The Bertz CT molecular complexity index is 691. The summed E-state index contributed by atoms with van der Waals surface area (Å²) >= 11 is 0. The molecule has 130 valence electrons. The second-order valence-electron chi connectivity index (χ2n) is 6.18. The highest BCUT2D eigenvalue weighted by molar-refractivity contribution is 5.54. The second kappa shape index (κ2) is 6.81. The average molecular weight is 334 g/mol. The van der Waals surface area contributed by atoms with Gasteiger partial charge < -0.3 is 25.6 Å². The fraction of sp³-hybridized carbons (Fsp3) is 0.533. The van der Waals surface area contributed by atoms with Crippen LogP contribution >= 0.6 is 0 Å². The van der Waals surface area contributed by atoms with Gasteiger partial charge in [0.2, 0.25) is 0 Å². The molecule has 0 aromatic carbocycles. The minimum Gasteiger partial charge on any atom is -0.386 e. The lowest BCUT2D eigenvalue weighted by Crippen LogP contribution is -2.54. The fourth-order valence-electron chi connectivity index (χ4n) is 2.87. The van der Waals surface area contributed by atoms with Crippen LogP contribution in [-0.2, 0) is 11.3 Å². The average Bonchev–Trinajstić information content (AvgIpc) is 2.99. The topological polar surface area (TPSA) is 123 Å². The van der Waals surface area contributed by atoms with E-state index in [9.17, 15) is 10.2 Å². The number of aliphatic hydroxyl groups is 2. The summed E-state index contributed by atoms with van der Waals surface area (Å²) in [7, 11) is 3.73. The van der Waals surface area contributed by atoms with E-state index in [2.05, 4.69) is 15.3 Å². The van der Waals surface area contributed by atoms with Gasteiger partial charge in [-0.25, -0.2) is 9.67 Å². The lowest BCUT2D eigenvalue weighted by Gasteiger charge is -2.39. The molecule has 3 unspecified atom stereocenters. The van der Waals surface area contributed by atoms with Crippen molar-refractivity contribution in [3.05, 3.63) is 24.4 Å². The molecule has 3 heterocycles. The van der Waals surface area contributed by atoms with E-state index in [4.69, 9.17) is 10.5 Å². The van der Waals surface area contributed by atoms with Gasteiger partial charge in [-0.2, -0.15) is 0 Å². The highest BCUT2D eigenvalue weighted by Crippen LogP contribution is 2.23. The molecule has 2 aromatic heterocycles. The minimum atomic E-state index is -1.21. The number of nitrogens with zero attached hydrogens (tertiary/aromatic N) is 5. The van der Waals surface area contributed by atoms with Crippen molar-refractivity contribution >= 4 is 5.82 Å². The van der Waals surface area contributed by atoms with E-state index < -0.39 is 12.4 Å². The van der Waals surface area contributed by atoms with E-state index in [1.807, 2.05) is 25.1 Å². The number of likely N-dealkylation sites (N-methyl/N-ethyl adjacent to an activating group) is 1. The van der Waals surface area contributed by atoms with Crippen LogP contribution in [0.3, 0.4) is 0 Å². The third-order valence-electron chi connectivity index (χ3n) is 4.15. The standard InChI is InChI=1S/C15H22N6O3/c1-20(2)12-6-9(24-15(23)14(12)22)7-21-8-11(18-19-21)10-4-3-5-13(16)17-10/h3-5,8-9,12,14-15,22-23H,6-7H2,1-2H3,(H2,16,17)/t9?,12?,14?,15-/m1/s1. The molecule has 9 nitrogen and oxygen atoms in total. The zero-order valence-corrected chi connectivity index (χ0v) is 13.6. The molecule has 0 radical (unpaired) electrons. The molecular formula is C15H22N6O3. The number of aliphatic hydroxyl groups excluding tert-OH is 2. The van der Waals surface area contributed by atoms with Gasteiger partial charge in [0, 0.05) is 6.04 Å². The molecule has 3 rings (SSSR count). The summed E-state index contributed by atoms with van der Waals surface area (Å²) in [6.07, 6.45) is -0.0857. The molecule has 4 N–H and O–H groups in total. The number of pyridine rings is 1. The van der Waals surface area contributed by atoms with Gasteiger partial charge in [-0.05, 0) is 32.6 Å². The molecule has 0 bridgehead atoms. The number of rotatable bonds is 4. The normalized spacial score (nSPS) is 27.5. The highest BCUT2D eigenvalue weighted by atomic mass is 16.6. The van der Waals surface area contributed by atoms with E-state index in [1.54, 1.807) is 23.0 Å². The van der Waals surface area contributed by atoms with Crippen molar-refractivity contribution in [3.8, 4) is 11.4 Å². The number of hydrogen-bond acceptors (Lipinski definition) is 8. The molecule has 0 amide bonds. The SMILES string of the molecule is CN(C)C1CC(Cn2cc(-c3cccc(N)n3)nn2)O[C@@H](O)C1O. The Morgan fingerprint density at radius 3 is 2.83 bits per heavy atom. The third kappa shape index (κ3) is 3.54. The van der Waals surface area contributed by atoms with Gasteiger partial charge in [-0.3, -0.25) is 0 Å². The van der Waals surface area contributed by atoms with Crippen LogP contribution in [0, 0.1) is 0 Å². The smallest absolute Gasteiger partial charge is 0.182 e. The molecule has 4 atom stereocenters. The molecule has 9 heteroatoms. The number of nitrogen functional groups attached to an aromatic ring is 1. The van der Waals surface area contributed by atoms with Crippen LogP contribution in [0.15, 0.2) is 24.4 Å². The molecule has 1 saturated heterocycles. The van der Waals surface area contributed by atoms with Gasteiger partial charge in [0.25, 0.3) is 0 Å². The van der Waals surface area contributed by atoms with Gasteiger partial charge in [0.15, 0.2) is 6.29 Å². The molecule has 0 saturated carbocycles. The Kier molecular flexibility index (Phi) is 4.76. The molecule has 2 aromatic rings. The maximum Gasteiger partial charge on any atom is 0.182 e. The Hall–Kier alpha value is -2.07. The monoisotopic (exact) mass is 334 g/mol. The molecule has 1 aliphatic heterocycles. The Morgan fingerprint density at radius 2 is 2.12 bits per heavy atom. The summed E-state index contributed by atoms with van der Waals surface area (Å²) in [5, 5.41) is 28.1. The summed E-state index contributed by atoms with van der Waals surface area (Å²) in [5.74, 6) is 0.420. The summed E-state index contributed by atoms with van der Waals surface area (Å²) in [6.45, 7) is 0.420. The quantitative estimate of drug-likeness (QED) is 0.672. The summed E-state index contributed by atoms with van der Waals surface area (Å²) < 4.78 is 7.11. The first-order valence-electron chi connectivity index (χ1n) is 7.75. The van der Waals surface area contributed by atoms with Crippen LogP contribution in [0.1, 0.15) is 6.42 Å². The van der Waals surface area contributed by atoms with Crippen LogP contribution in [0.4, 0.5) is 5.82 Å². The van der Waals surface area contributed by atoms with Gasteiger partial charge >= 0.3 is 0 Å².